The second-order valence-electron chi connectivity index (χ2n) is 6.71. The Balaban J connectivity index is 1.39. The normalized spacial score (nSPS) is 15.7. The second-order valence-corrected chi connectivity index (χ2v) is 6.71. The third-order valence-corrected chi connectivity index (χ3v) is 5.05. The van der Waals surface area contributed by atoms with Crippen LogP contribution in [-0.2, 0) is 4.79 Å². The summed E-state index contributed by atoms with van der Waals surface area (Å²) in [5, 5.41) is 0. The van der Waals surface area contributed by atoms with E-state index in [0.29, 0.717) is 19.5 Å². The topological polar surface area (TPSA) is 41.6 Å². The molecule has 140 valence electrons. The van der Waals surface area contributed by atoms with Crippen molar-refractivity contribution >= 4 is 11.6 Å². The highest BCUT2D eigenvalue weighted by molar-refractivity contribution is 5.77. The summed E-state index contributed by atoms with van der Waals surface area (Å²) in [6.07, 6.45) is 5.90. The lowest BCUT2D eigenvalue weighted by molar-refractivity contribution is -0.132. The van der Waals surface area contributed by atoms with Gasteiger partial charge in [-0.15, -0.1) is 0 Å². The molecule has 1 saturated heterocycles. The zero-order chi connectivity index (χ0) is 18.6. The van der Waals surface area contributed by atoms with Crippen molar-refractivity contribution in [1.29, 1.82) is 0 Å². The Morgan fingerprint density at radius 2 is 1.70 bits per heavy atom. The molecular formula is C21H22FN3O2. The molecule has 2 aromatic heterocycles. The summed E-state index contributed by atoms with van der Waals surface area (Å²) >= 11 is 0. The van der Waals surface area contributed by atoms with E-state index in [-0.39, 0.29) is 17.8 Å². The molecule has 0 aliphatic carbocycles. The standard InChI is InChI=1S/C21H22FN3O2/c22-17-5-7-18(8-6-17)23-11-13-25(14-12-23)21(26)16-19(20-4-3-15-27-20)24-9-1-2-10-24/h1-10,15,19H,11-14,16H2. The third kappa shape index (κ3) is 3.89. The number of piperazine rings is 1. The van der Waals surface area contributed by atoms with E-state index in [1.54, 1.807) is 18.4 Å². The highest BCUT2D eigenvalue weighted by atomic mass is 19.1. The number of amides is 1. The Bertz CT molecular complexity index is 817. The minimum absolute atomic E-state index is 0.115. The molecule has 0 bridgehead atoms. The first-order chi connectivity index (χ1) is 13.2. The van der Waals surface area contributed by atoms with E-state index in [1.807, 2.05) is 46.1 Å². The molecule has 1 aliphatic rings. The van der Waals surface area contributed by atoms with E-state index in [2.05, 4.69) is 4.90 Å². The molecule has 5 nitrogen and oxygen atoms in total. The zero-order valence-corrected chi connectivity index (χ0v) is 15.0. The molecule has 6 heteroatoms. The maximum absolute atomic E-state index is 13.1. The third-order valence-electron chi connectivity index (χ3n) is 5.05. The number of carbonyl (C=O) groups is 1. The van der Waals surface area contributed by atoms with Gasteiger partial charge in [0.2, 0.25) is 5.91 Å². The first-order valence-electron chi connectivity index (χ1n) is 9.15. The van der Waals surface area contributed by atoms with Crippen LogP contribution in [0, 0.1) is 5.82 Å². The number of hydrogen-bond donors (Lipinski definition) is 0. The van der Waals surface area contributed by atoms with Gasteiger partial charge in [0.05, 0.1) is 18.7 Å². The number of benzene rings is 1. The summed E-state index contributed by atoms with van der Waals surface area (Å²) in [6.45, 7) is 2.80. The summed E-state index contributed by atoms with van der Waals surface area (Å²) in [6, 6.07) is 14.0. The van der Waals surface area contributed by atoms with Crippen LogP contribution >= 0.6 is 0 Å². The number of rotatable bonds is 5. The number of aromatic nitrogens is 1. The van der Waals surface area contributed by atoms with Crippen LogP contribution in [0.15, 0.2) is 71.6 Å². The molecular weight excluding hydrogens is 345 g/mol. The number of halogens is 1. The molecule has 4 rings (SSSR count). The predicted octanol–water partition coefficient (Wildman–Crippen LogP) is 3.55. The first-order valence-corrected chi connectivity index (χ1v) is 9.15. The van der Waals surface area contributed by atoms with Gasteiger partial charge < -0.3 is 18.8 Å². The lowest BCUT2D eigenvalue weighted by Gasteiger charge is -2.36. The summed E-state index contributed by atoms with van der Waals surface area (Å²) in [7, 11) is 0. The van der Waals surface area contributed by atoms with E-state index >= 15 is 0 Å². The fourth-order valence-electron chi connectivity index (χ4n) is 3.55. The zero-order valence-electron chi connectivity index (χ0n) is 15.0. The summed E-state index contributed by atoms with van der Waals surface area (Å²) in [5.41, 5.74) is 0.990. The smallest absolute Gasteiger partial charge is 0.225 e. The average molecular weight is 367 g/mol. The van der Waals surface area contributed by atoms with Gasteiger partial charge in [0.15, 0.2) is 0 Å². The van der Waals surface area contributed by atoms with Crippen molar-refractivity contribution in [3.63, 3.8) is 0 Å². The minimum atomic E-state index is -0.235. The van der Waals surface area contributed by atoms with Gasteiger partial charge in [-0.3, -0.25) is 4.79 Å². The van der Waals surface area contributed by atoms with Gasteiger partial charge >= 0.3 is 0 Å². The lowest BCUT2D eigenvalue weighted by atomic mass is 10.1. The number of hydrogen-bond acceptors (Lipinski definition) is 3. The molecule has 1 unspecified atom stereocenters. The number of anilines is 1. The van der Waals surface area contributed by atoms with Gasteiger partial charge in [-0.25, -0.2) is 4.39 Å². The van der Waals surface area contributed by atoms with Crippen LogP contribution in [0.5, 0.6) is 0 Å². The second kappa shape index (κ2) is 7.70. The van der Waals surface area contributed by atoms with Crippen LogP contribution in [0.2, 0.25) is 0 Å². The van der Waals surface area contributed by atoms with E-state index in [9.17, 15) is 9.18 Å². The average Bonchev–Trinajstić information content (AvgIpc) is 3.41. The highest BCUT2D eigenvalue weighted by Gasteiger charge is 2.26. The van der Waals surface area contributed by atoms with Crippen molar-refractivity contribution in [3.8, 4) is 0 Å². The Labute approximate surface area is 157 Å². The minimum Gasteiger partial charge on any atom is -0.467 e. The van der Waals surface area contributed by atoms with Gasteiger partial charge in [0.1, 0.15) is 11.6 Å². The summed E-state index contributed by atoms with van der Waals surface area (Å²) in [4.78, 5) is 17.0. The molecule has 0 radical (unpaired) electrons. The molecule has 0 spiro atoms. The van der Waals surface area contributed by atoms with Crippen LogP contribution in [0.3, 0.4) is 0 Å². The van der Waals surface area contributed by atoms with E-state index < -0.39 is 0 Å². The van der Waals surface area contributed by atoms with Crippen molar-refractivity contribution in [3.05, 3.63) is 78.8 Å². The number of carbonyl (C=O) groups excluding carboxylic acids is 1. The molecule has 1 aliphatic heterocycles. The SMILES string of the molecule is O=C(CC(c1ccco1)n1cccc1)N1CCN(c2ccc(F)cc2)CC1. The van der Waals surface area contributed by atoms with Gasteiger partial charge in [0, 0.05) is 44.3 Å². The molecule has 1 amide bonds. The monoisotopic (exact) mass is 367 g/mol. The lowest BCUT2D eigenvalue weighted by Crippen LogP contribution is -2.49. The molecule has 0 saturated carbocycles. The molecule has 3 heterocycles. The number of furan rings is 1. The van der Waals surface area contributed by atoms with Crippen molar-refractivity contribution in [2.24, 2.45) is 0 Å². The van der Waals surface area contributed by atoms with Crippen molar-refractivity contribution in [1.82, 2.24) is 9.47 Å². The van der Waals surface area contributed by atoms with Crippen LogP contribution in [0.1, 0.15) is 18.2 Å². The van der Waals surface area contributed by atoms with Crippen molar-refractivity contribution in [2.75, 3.05) is 31.1 Å². The fraction of sp³-hybridized carbons (Fsp3) is 0.286. The van der Waals surface area contributed by atoms with Gasteiger partial charge in [-0.05, 0) is 48.5 Å². The molecule has 3 aromatic rings. The number of nitrogens with zero attached hydrogens (tertiary/aromatic N) is 3. The maximum Gasteiger partial charge on any atom is 0.225 e. The highest BCUT2D eigenvalue weighted by Crippen LogP contribution is 2.24. The Hall–Kier alpha value is -3.02. The van der Waals surface area contributed by atoms with Crippen molar-refractivity contribution < 1.29 is 13.6 Å². The summed E-state index contributed by atoms with van der Waals surface area (Å²) < 4.78 is 20.7. The quantitative estimate of drug-likeness (QED) is 0.693. The molecule has 27 heavy (non-hydrogen) atoms. The Kier molecular flexibility index (Phi) is 4.96. The van der Waals surface area contributed by atoms with E-state index in [1.165, 1.54) is 12.1 Å². The van der Waals surface area contributed by atoms with Crippen LogP contribution in [0.25, 0.3) is 0 Å². The van der Waals surface area contributed by atoms with Gasteiger partial charge in [0.25, 0.3) is 0 Å². The van der Waals surface area contributed by atoms with Crippen LogP contribution in [-0.4, -0.2) is 41.6 Å². The molecule has 1 atom stereocenters. The van der Waals surface area contributed by atoms with Crippen LogP contribution < -0.4 is 4.90 Å². The van der Waals surface area contributed by atoms with Crippen molar-refractivity contribution in [2.45, 2.75) is 12.5 Å². The molecule has 0 N–H and O–H groups in total. The van der Waals surface area contributed by atoms with Crippen LogP contribution in [0.4, 0.5) is 10.1 Å². The van der Waals surface area contributed by atoms with E-state index in [4.69, 9.17) is 4.42 Å². The summed E-state index contributed by atoms with van der Waals surface area (Å²) in [5.74, 6) is 0.662. The largest absolute Gasteiger partial charge is 0.467 e. The first kappa shape index (κ1) is 17.4. The maximum atomic E-state index is 13.1. The predicted molar refractivity (Wildman–Crippen MR) is 101 cm³/mol. The molecule has 1 fully saturated rings. The molecule has 1 aromatic carbocycles. The Morgan fingerprint density at radius 3 is 2.33 bits per heavy atom. The Morgan fingerprint density at radius 1 is 1.00 bits per heavy atom. The van der Waals surface area contributed by atoms with Gasteiger partial charge in [-0.2, -0.15) is 0 Å². The fourth-order valence-corrected chi connectivity index (χ4v) is 3.55. The van der Waals surface area contributed by atoms with E-state index in [0.717, 1.165) is 24.5 Å². The van der Waals surface area contributed by atoms with Gasteiger partial charge in [-0.1, -0.05) is 0 Å².